The fourth-order valence-electron chi connectivity index (χ4n) is 1.96. The Morgan fingerprint density at radius 2 is 1.35 bits per heavy atom. The SMILES string of the molecule is Nn1c(-c2ccccc2)nnc(-c2ccccc2)c1=O. The number of benzene rings is 2. The van der Waals surface area contributed by atoms with Gasteiger partial charge < -0.3 is 5.84 Å². The van der Waals surface area contributed by atoms with Crippen LogP contribution in [0.5, 0.6) is 0 Å². The lowest BCUT2D eigenvalue weighted by Gasteiger charge is -2.07. The van der Waals surface area contributed by atoms with Crippen molar-refractivity contribution in [1.82, 2.24) is 14.9 Å². The van der Waals surface area contributed by atoms with Gasteiger partial charge in [-0.3, -0.25) is 4.79 Å². The third-order valence-corrected chi connectivity index (χ3v) is 2.97. The quantitative estimate of drug-likeness (QED) is 0.715. The minimum atomic E-state index is -0.370. The minimum absolute atomic E-state index is 0.243. The molecule has 1 aromatic heterocycles. The van der Waals surface area contributed by atoms with E-state index < -0.39 is 0 Å². The minimum Gasteiger partial charge on any atom is -0.334 e. The summed E-state index contributed by atoms with van der Waals surface area (Å²) < 4.78 is 1.03. The van der Waals surface area contributed by atoms with Gasteiger partial charge in [-0.25, -0.2) is 4.68 Å². The summed E-state index contributed by atoms with van der Waals surface area (Å²) in [6.45, 7) is 0. The first-order chi connectivity index (χ1) is 9.77. The van der Waals surface area contributed by atoms with Gasteiger partial charge in [0.25, 0.3) is 5.56 Å². The zero-order valence-electron chi connectivity index (χ0n) is 10.6. The second kappa shape index (κ2) is 4.97. The van der Waals surface area contributed by atoms with Crippen molar-refractivity contribution in [2.24, 2.45) is 0 Å². The highest BCUT2D eigenvalue weighted by Gasteiger charge is 2.12. The van der Waals surface area contributed by atoms with Crippen molar-refractivity contribution >= 4 is 0 Å². The van der Waals surface area contributed by atoms with Crippen LogP contribution in [0.15, 0.2) is 65.5 Å². The van der Waals surface area contributed by atoms with Gasteiger partial charge in [0.15, 0.2) is 11.5 Å². The summed E-state index contributed by atoms with van der Waals surface area (Å²) >= 11 is 0. The summed E-state index contributed by atoms with van der Waals surface area (Å²) in [4.78, 5) is 12.3. The standard InChI is InChI=1S/C15H12N4O/c16-19-14(12-9-5-2-6-10-12)18-17-13(15(19)20)11-7-3-1-4-8-11/h1-10H,16H2. The van der Waals surface area contributed by atoms with E-state index in [1.807, 2.05) is 48.5 Å². The number of nitrogens with zero attached hydrogens (tertiary/aromatic N) is 3. The van der Waals surface area contributed by atoms with Crippen molar-refractivity contribution in [3.63, 3.8) is 0 Å². The smallest absolute Gasteiger partial charge is 0.299 e. The van der Waals surface area contributed by atoms with Crippen molar-refractivity contribution in [3.05, 3.63) is 71.0 Å². The highest BCUT2D eigenvalue weighted by molar-refractivity contribution is 5.60. The molecule has 0 aliphatic rings. The fourth-order valence-corrected chi connectivity index (χ4v) is 1.96. The van der Waals surface area contributed by atoms with E-state index in [4.69, 9.17) is 5.84 Å². The number of nitrogens with two attached hydrogens (primary N) is 1. The first-order valence-electron chi connectivity index (χ1n) is 6.13. The third-order valence-electron chi connectivity index (χ3n) is 2.97. The molecule has 3 aromatic rings. The van der Waals surface area contributed by atoms with Gasteiger partial charge in [-0.05, 0) is 0 Å². The zero-order valence-corrected chi connectivity index (χ0v) is 10.6. The van der Waals surface area contributed by atoms with Gasteiger partial charge in [0.05, 0.1) is 0 Å². The molecule has 98 valence electrons. The summed E-state index contributed by atoms with van der Waals surface area (Å²) in [7, 11) is 0. The molecule has 0 saturated heterocycles. The topological polar surface area (TPSA) is 73.8 Å². The summed E-state index contributed by atoms with van der Waals surface area (Å²) in [5, 5.41) is 8.10. The van der Waals surface area contributed by atoms with Gasteiger partial charge in [0.1, 0.15) is 0 Å². The number of rotatable bonds is 2. The zero-order chi connectivity index (χ0) is 13.9. The largest absolute Gasteiger partial charge is 0.334 e. The van der Waals surface area contributed by atoms with E-state index in [0.717, 1.165) is 10.2 Å². The van der Waals surface area contributed by atoms with Crippen LogP contribution in [-0.2, 0) is 0 Å². The van der Waals surface area contributed by atoms with Crippen LogP contribution in [0.1, 0.15) is 0 Å². The lowest BCUT2D eigenvalue weighted by atomic mass is 10.1. The van der Waals surface area contributed by atoms with E-state index in [1.54, 1.807) is 12.1 Å². The monoisotopic (exact) mass is 264 g/mol. The Morgan fingerprint density at radius 1 is 0.800 bits per heavy atom. The maximum atomic E-state index is 12.3. The van der Waals surface area contributed by atoms with Gasteiger partial charge in [-0.15, -0.1) is 10.2 Å². The van der Waals surface area contributed by atoms with Crippen LogP contribution in [-0.4, -0.2) is 14.9 Å². The molecule has 0 atom stereocenters. The molecule has 0 aliphatic carbocycles. The van der Waals surface area contributed by atoms with Gasteiger partial charge >= 0.3 is 0 Å². The van der Waals surface area contributed by atoms with E-state index in [0.29, 0.717) is 11.4 Å². The molecule has 0 bridgehead atoms. The van der Waals surface area contributed by atoms with E-state index in [9.17, 15) is 4.79 Å². The lowest BCUT2D eigenvalue weighted by molar-refractivity contribution is 0.841. The molecule has 20 heavy (non-hydrogen) atoms. The summed E-state index contributed by atoms with van der Waals surface area (Å²) in [5.41, 5.74) is 1.32. The molecule has 0 amide bonds. The van der Waals surface area contributed by atoms with Gasteiger partial charge in [0.2, 0.25) is 0 Å². The number of nitrogen functional groups attached to an aromatic ring is 1. The van der Waals surface area contributed by atoms with Crippen molar-refractivity contribution in [1.29, 1.82) is 0 Å². The molecule has 0 aliphatic heterocycles. The second-order valence-electron chi connectivity index (χ2n) is 4.28. The summed E-state index contributed by atoms with van der Waals surface area (Å²) in [5.74, 6) is 6.20. The molecular formula is C15H12N4O. The van der Waals surface area contributed by atoms with E-state index in [2.05, 4.69) is 10.2 Å². The first kappa shape index (κ1) is 12.1. The maximum Gasteiger partial charge on any atom is 0.299 e. The predicted molar refractivity (Wildman–Crippen MR) is 77.3 cm³/mol. The summed E-state index contributed by atoms with van der Waals surface area (Å²) in [6.07, 6.45) is 0. The fraction of sp³-hybridized carbons (Fsp3) is 0. The normalized spacial score (nSPS) is 10.4. The molecule has 1 heterocycles. The van der Waals surface area contributed by atoms with E-state index in [1.165, 1.54) is 0 Å². The predicted octanol–water partition coefficient (Wildman–Crippen LogP) is 1.69. The molecule has 2 N–H and O–H groups in total. The molecule has 3 rings (SSSR count). The van der Waals surface area contributed by atoms with Crippen molar-refractivity contribution in [2.45, 2.75) is 0 Å². The van der Waals surface area contributed by atoms with Crippen LogP contribution in [0.3, 0.4) is 0 Å². The molecule has 5 heteroatoms. The van der Waals surface area contributed by atoms with Gasteiger partial charge in [-0.2, -0.15) is 0 Å². The Hall–Kier alpha value is -2.95. The van der Waals surface area contributed by atoms with Crippen LogP contribution in [0.25, 0.3) is 22.6 Å². The van der Waals surface area contributed by atoms with Gasteiger partial charge in [0, 0.05) is 11.1 Å². The molecular weight excluding hydrogens is 252 g/mol. The number of hydrogen-bond donors (Lipinski definition) is 1. The molecule has 0 unspecified atom stereocenters. The molecule has 5 nitrogen and oxygen atoms in total. The van der Waals surface area contributed by atoms with Crippen LogP contribution >= 0.6 is 0 Å². The Balaban J connectivity index is 2.16. The number of hydrogen-bond acceptors (Lipinski definition) is 4. The maximum absolute atomic E-state index is 12.3. The first-order valence-corrected chi connectivity index (χ1v) is 6.13. The third kappa shape index (κ3) is 2.05. The Morgan fingerprint density at radius 3 is 1.95 bits per heavy atom. The average Bonchev–Trinajstić information content (AvgIpc) is 2.52. The van der Waals surface area contributed by atoms with Gasteiger partial charge in [-0.1, -0.05) is 60.7 Å². The highest BCUT2D eigenvalue weighted by Crippen LogP contribution is 2.15. The average molecular weight is 264 g/mol. The summed E-state index contributed by atoms with van der Waals surface area (Å²) in [6, 6.07) is 18.4. The van der Waals surface area contributed by atoms with Crippen molar-refractivity contribution in [3.8, 4) is 22.6 Å². The molecule has 0 saturated carbocycles. The van der Waals surface area contributed by atoms with E-state index >= 15 is 0 Å². The Bertz CT molecular complexity index is 782. The van der Waals surface area contributed by atoms with E-state index in [-0.39, 0.29) is 11.3 Å². The van der Waals surface area contributed by atoms with Crippen LogP contribution in [0, 0.1) is 0 Å². The molecule has 0 spiro atoms. The van der Waals surface area contributed by atoms with Crippen molar-refractivity contribution < 1.29 is 0 Å². The highest BCUT2D eigenvalue weighted by atomic mass is 16.1. The number of aromatic nitrogens is 3. The Labute approximate surface area is 115 Å². The molecule has 2 aromatic carbocycles. The van der Waals surface area contributed by atoms with Crippen LogP contribution in [0.2, 0.25) is 0 Å². The Kier molecular flexibility index (Phi) is 3.01. The molecule has 0 radical (unpaired) electrons. The second-order valence-corrected chi connectivity index (χ2v) is 4.28. The van der Waals surface area contributed by atoms with Crippen molar-refractivity contribution in [2.75, 3.05) is 5.84 Å². The lowest BCUT2D eigenvalue weighted by Crippen LogP contribution is -2.32. The molecule has 0 fully saturated rings. The van der Waals surface area contributed by atoms with Crippen LogP contribution < -0.4 is 11.4 Å². The van der Waals surface area contributed by atoms with Crippen LogP contribution in [0.4, 0.5) is 0 Å².